The maximum atomic E-state index is 13.0. The van der Waals surface area contributed by atoms with Gasteiger partial charge in [0.1, 0.15) is 24.4 Å². The summed E-state index contributed by atoms with van der Waals surface area (Å²) in [4.78, 5) is 24.2. The number of amides is 1. The number of rotatable bonds is 10. The summed E-state index contributed by atoms with van der Waals surface area (Å²) in [6, 6.07) is 31.5. The molecule has 260 valence electrons. The zero-order valence-electron chi connectivity index (χ0n) is 29.4. The van der Waals surface area contributed by atoms with Gasteiger partial charge in [-0.1, -0.05) is 73.7 Å². The third-order valence-corrected chi connectivity index (χ3v) is 9.15. The van der Waals surface area contributed by atoms with Gasteiger partial charge < -0.3 is 29.0 Å². The maximum Gasteiger partial charge on any atom is 0.410 e. The number of ether oxygens (including phenoxy) is 4. The number of methoxy groups -OCH3 is 1. The van der Waals surface area contributed by atoms with E-state index in [0.29, 0.717) is 37.9 Å². The van der Waals surface area contributed by atoms with Crippen LogP contribution in [-0.4, -0.2) is 58.5 Å². The topological polar surface area (TPSA) is 103 Å². The molecule has 50 heavy (non-hydrogen) atoms. The molecule has 1 saturated heterocycles. The third kappa shape index (κ3) is 7.74. The summed E-state index contributed by atoms with van der Waals surface area (Å²) in [5.41, 5.74) is 2.43. The monoisotopic (exact) mass is 675 g/mol. The second kappa shape index (κ2) is 14.5. The molecule has 0 aliphatic carbocycles. The minimum atomic E-state index is -1.28. The van der Waals surface area contributed by atoms with Crippen LogP contribution < -0.4 is 9.47 Å². The molecule has 1 fully saturated rings. The molecule has 1 aliphatic rings. The van der Waals surface area contributed by atoms with E-state index in [1.165, 1.54) is 0 Å². The minimum absolute atomic E-state index is 0.242. The van der Waals surface area contributed by atoms with E-state index in [2.05, 4.69) is 0 Å². The second-order valence-electron chi connectivity index (χ2n) is 14.2. The number of aliphatic hydroxyl groups is 1. The molecule has 0 radical (unpaired) electrons. The first-order chi connectivity index (χ1) is 24.0. The van der Waals surface area contributed by atoms with Crippen molar-refractivity contribution in [1.82, 2.24) is 14.9 Å². The Bertz CT molecular complexity index is 1930. The zero-order chi connectivity index (χ0) is 35.4. The summed E-state index contributed by atoms with van der Waals surface area (Å²) in [5.74, 6) is 0.881. The first-order valence-electron chi connectivity index (χ1n) is 16.9. The molecule has 0 saturated carbocycles. The van der Waals surface area contributed by atoms with Crippen molar-refractivity contribution in [2.24, 2.45) is 5.41 Å². The van der Waals surface area contributed by atoms with E-state index in [0.717, 1.165) is 38.7 Å². The third-order valence-electron chi connectivity index (χ3n) is 9.15. The molecule has 1 N–H and O–H groups in total. The zero-order valence-corrected chi connectivity index (χ0v) is 29.4. The Morgan fingerprint density at radius 2 is 1.58 bits per heavy atom. The molecule has 5 aromatic rings. The fourth-order valence-corrected chi connectivity index (χ4v) is 6.52. The summed E-state index contributed by atoms with van der Waals surface area (Å²) >= 11 is 0. The predicted molar refractivity (Wildman–Crippen MR) is 193 cm³/mol. The van der Waals surface area contributed by atoms with Crippen LogP contribution >= 0.6 is 0 Å². The number of likely N-dealkylation sites (tertiary alicyclic amines) is 1. The fraction of sp³-hybridized carbons (Fsp3) is 0.341. The Morgan fingerprint density at radius 1 is 0.900 bits per heavy atom. The molecule has 1 amide bonds. The van der Waals surface area contributed by atoms with E-state index >= 15 is 0 Å². The highest BCUT2D eigenvalue weighted by molar-refractivity contribution is 5.85. The number of carbonyl (C=O) groups excluding carboxylic acids is 1. The Morgan fingerprint density at radius 3 is 2.24 bits per heavy atom. The highest BCUT2D eigenvalue weighted by atomic mass is 16.6. The van der Waals surface area contributed by atoms with Crippen LogP contribution in [0.25, 0.3) is 22.0 Å². The predicted octanol–water partition coefficient (Wildman–Crippen LogP) is 7.94. The van der Waals surface area contributed by atoms with Crippen LogP contribution in [0.5, 0.6) is 11.8 Å². The molecule has 3 aromatic carbocycles. The van der Waals surface area contributed by atoms with Crippen molar-refractivity contribution < 1.29 is 28.8 Å². The van der Waals surface area contributed by atoms with Crippen molar-refractivity contribution in [3.05, 3.63) is 120 Å². The number of carbonyl (C=O) groups is 1. The van der Waals surface area contributed by atoms with Crippen molar-refractivity contribution in [1.29, 1.82) is 0 Å². The minimum Gasteiger partial charge on any atom is -0.473 e. The first-order valence-corrected chi connectivity index (χ1v) is 16.9. The van der Waals surface area contributed by atoms with Gasteiger partial charge in [-0.25, -0.2) is 4.79 Å². The average molecular weight is 676 g/mol. The summed E-state index contributed by atoms with van der Waals surface area (Å²) < 4.78 is 23.7. The van der Waals surface area contributed by atoms with Gasteiger partial charge in [0.15, 0.2) is 0 Å². The lowest BCUT2D eigenvalue weighted by Gasteiger charge is -2.51. The highest BCUT2D eigenvalue weighted by Crippen LogP contribution is 2.47. The molecular formula is C41H45N3O6. The Balaban J connectivity index is 1.32. The SMILES string of the molecule is COCC1(C)CN(C(=O)OC(C)(C)C)CCC1(O)c1ccc2ncc(-c3ccc(OCc4ccccc4)nc3OCc3ccccc3)cc2c1. The largest absolute Gasteiger partial charge is 0.473 e. The van der Waals surface area contributed by atoms with Crippen molar-refractivity contribution >= 4 is 17.0 Å². The Kier molecular flexibility index (Phi) is 10.1. The number of piperidine rings is 1. The van der Waals surface area contributed by atoms with Crippen molar-refractivity contribution in [3.63, 3.8) is 0 Å². The van der Waals surface area contributed by atoms with Crippen LogP contribution in [0, 0.1) is 5.41 Å². The quantitative estimate of drug-likeness (QED) is 0.159. The lowest BCUT2D eigenvalue weighted by molar-refractivity contribution is -0.154. The number of nitrogens with zero attached hydrogens (tertiary/aromatic N) is 3. The molecule has 3 heterocycles. The lowest BCUT2D eigenvalue weighted by Crippen LogP contribution is -2.60. The highest BCUT2D eigenvalue weighted by Gasteiger charge is 2.53. The van der Waals surface area contributed by atoms with Gasteiger partial charge in [0.05, 0.1) is 12.1 Å². The average Bonchev–Trinajstić information content (AvgIpc) is 3.11. The molecule has 6 rings (SSSR count). The van der Waals surface area contributed by atoms with Gasteiger partial charge in [-0.15, -0.1) is 0 Å². The molecule has 9 nitrogen and oxygen atoms in total. The van der Waals surface area contributed by atoms with E-state index in [1.807, 2.05) is 131 Å². The number of benzene rings is 3. The van der Waals surface area contributed by atoms with Gasteiger partial charge in [-0.2, -0.15) is 4.98 Å². The maximum absolute atomic E-state index is 13.0. The standard InChI is InChI=1S/C41H45N3O6/c1-39(2,3)50-38(45)44-21-20-41(46,40(4,27-44)28-47-5)33-16-18-35-31(23-33)22-32(24-42-35)34-17-19-36(48-25-29-12-8-6-9-13-29)43-37(34)49-26-30-14-10-7-11-15-30/h6-19,22-24,46H,20-21,25-28H2,1-5H3. The van der Waals surface area contributed by atoms with Crippen LogP contribution in [0.2, 0.25) is 0 Å². The molecule has 2 atom stereocenters. The van der Waals surface area contributed by atoms with Crippen molar-refractivity contribution in [2.75, 3.05) is 26.8 Å². The van der Waals surface area contributed by atoms with Gasteiger partial charge in [0.2, 0.25) is 11.8 Å². The molecular weight excluding hydrogens is 630 g/mol. The molecule has 2 aromatic heterocycles. The number of hydrogen-bond acceptors (Lipinski definition) is 8. The van der Waals surface area contributed by atoms with E-state index in [4.69, 9.17) is 28.9 Å². The first kappa shape index (κ1) is 34.9. The number of aromatic nitrogens is 2. The van der Waals surface area contributed by atoms with Crippen LogP contribution in [0.4, 0.5) is 4.79 Å². The van der Waals surface area contributed by atoms with E-state index < -0.39 is 22.7 Å². The van der Waals surface area contributed by atoms with Gasteiger partial charge in [-0.3, -0.25) is 4.98 Å². The Labute approximate surface area is 293 Å². The molecule has 2 unspecified atom stereocenters. The second-order valence-corrected chi connectivity index (χ2v) is 14.2. The van der Waals surface area contributed by atoms with E-state index in [9.17, 15) is 9.90 Å². The Hall–Kier alpha value is -4.99. The molecule has 9 heteroatoms. The van der Waals surface area contributed by atoms with E-state index in [-0.39, 0.29) is 13.2 Å². The normalized spacial score (nSPS) is 19.3. The number of pyridine rings is 2. The molecule has 0 spiro atoms. The van der Waals surface area contributed by atoms with Gasteiger partial charge >= 0.3 is 6.09 Å². The fourth-order valence-electron chi connectivity index (χ4n) is 6.52. The van der Waals surface area contributed by atoms with Crippen LogP contribution in [0.1, 0.15) is 50.8 Å². The number of hydrogen-bond donors (Lipinski definition) is 1. The van der Waals surface area contributed by atoms with Gasteiger partial charge in [0.25, 0.3) is 0 Å². The smallest absolute Gasteiger partial charge is 0.410 e. The van der Waals surface area contributed by atoms with Crippen LogP contribution in [0.15, 0.2) is 103 Å². The number of fused-ring (bicyclic) bond motifs is 1. The van der Waals surface area contributed by atoms with Gasteiger partial charge in [-0.05, 0) is 68.1 Å². The van der Waals surface area contributed by atoms with Crippen molar-refractivity contribution in [2.45, 2.75) is 58.5 Å². The summed E-state index contributed by atoms with van der Waals surface area (Å²) in [7, 11) is 1.61. The summed E-state index contributed by atoms with van der Waals surface area (Å²) in [5, 5.41) is 13.3. The molecule has 0 bridgehead atoms. The summed E-state index contributed by atoms with van der Waals surface area (Å²) in [6.07, 6.45) is 1.73. The summed E-state index contributed by atoms with van der Waals surface area (Å²) in [6.45, 7) is 9.06. The van der Waals surface area contributed by atoms with Crippen LogP contribution in [0.3, 0.4) is 0 Å². The van der Waals surface area contributed by atoms with Gasteiger partial charge in [0, 0.05) is 54.4 Å². The van der Waals surface area contributed by atoms with Crippen LogP contribution in [-0.2, 0) is 28.3 Å². The van der Waals surface area contributed by atoms with Crippen molar-refractivity contribution in [3.8, 4) is 22.9 Å². The lowest BCUT2D eigenvalue weighted by atomic mass is 9.65. The molecule has 1 aliphatic heterocycles. The van der Waals surface area contributed by atoms with E-state index in [1.54, 1.807) is 12.0 Å².